The molecule has 0 aromatic carbocycles. The Balaban J connectivity index is 1.95. The zero-order valence-corrected chi connectivity index (χ0v) is 11.1. The van der Waals surface area contributed by atoms with Crippen LogP contribution < -0.4 is 5.32 Å². The predicted molar refractivity (Wildman–Crippen MR) is 62.7 cm³/mol. The first-order valence-electron chi connectivity index (χ1n) is 6.32. The van der Waals surface area contributed by atoms with Gasteiger partial charge in [-0.25, -0.2) is 0 Å². The topological polar surface area (TPSA) is 49.0 Å². The van der Waals surface area contributed by atoms with Crippen molar-refractivity contribution in [2.45, 2.75) is 57.6 Å². The lowest BCUT2D eigenvalue weighted by molar-refractivity contribution is -0.226. The van der Waals surface area contributed by atoms with E-state index in [1.807, 2.05) is 13.8 Å². The molecule has 0 unspecified atom stereocenters. The van der Waals surface area contributed by atoms with E-state index in [2.05, 4.69) is 12.2 Å². The molecule has 0 amide bonds. The molecular weight excluding hydrogens is 222 g/mol. The molecule has 2 rings (SSSR count). The average molecular weight is 245 g/mol. The molecule has 0 saturated carbocycles. The maximum atomic E-state index is 5.88. The Bertz CT molecular complexity index is 259. The van der Waals surface area contributed by atoms with Crippen molar-refractivity contribution in [3.8, 4) is 0 Å². The van der Waals surface area contributed by atoms with Crippen molar-refractivity contribution in [3.05, 3.63) is 0 Å². The molecule has 0 aliphatic carbocycles. The van der Waals surface area contributed by atoms with Crippen LogP contribution in [0.2, 0.25) is 0 Å². The first-order valence-corrected chi connectivity index (χ1v) is 6.32. The highest BCUT2D eigenvalue weighted by molar-refractivity contribution is 4.95. The maximum absolute atomic E-state index is 5.88. The second-order valence-corrected chi connectivity index (χ2v) is 5.05. The Morgan fingerprint density at radius 1 is 1.24 bits per heavy atom. The van der Waals surface area contributed by atoms with Gasteiger partial charge in [0.2, 0.25) is 0 Å². The number of ether oxygens (including phenoxy) is 4. The van der Waals surface area contributed by atoms with Gasteiger partial charge >= 0.3 is 0 Å². The van der Waals surface area contributed by atoms with Crippen LogP contribution in [-0.4, -0.2) is 50.6 Å². The molecule has 2 aliphatic heterocycles. The Morgan fingerprint density at radius 3 is 2.59 bits per heavy atom. The second-order valence-electron chi connectivity index (χ2n) is 5.05. The van der Waals surface area contributed by atoms with E-state index in [0.29, 0.717) is 0 Å². The molecule has 1 N–H and O–H groups in total. The van der Waals surface area contributed by atoms with Gasteiger partial charge in [0.1, 0.15) is 18.3 Å². The first kappa shape index (κ1) is 13.2. The summed E-state index contributed by atoms with van der Waals surface area (Å²) in [6.07, 6.45) is 0.619. The van der Waals surface area contributed by atoms with E-state index < -0.39 is 5.79 Å². The lowest BCUT2D eigenvalue weighted by Gasteiger charge is -2.23. The quantitative estimate of drug-likeness (QED) is 0.729. The lowest BCUT2D eigenvalue weighted by Crippen LogP contribution is -2.37. The molecule has 0 aromatic rings. The third-order valence-corrected chi connectivity index (χ3v) is 3.11. The van der Waals surface area contributed by atoms with E-state index >= 15 is 0 Å². The monoisotopic (exact) mass is 245 g/mol. The molecule has 4 atom stereocenters. The standard InChI is InChI=1S/C12H23NO4/c1-5-6-13-7-8-9-10(11(14-4)15-8)17-12(2,3)16-9/h8-11,13H,5-7H2,1-4H3/t8-,9-,10-,11-/m1/s1. The summed E-state index contributed by atoms with van der Waals surface area (Å²) in [5.74, 6) is -0.543. The fraction of sp³-hybridized carbons (Fsp3) is 1.00. The van der Waals surface area contributed by atoms with Crippen molar-refractivity contribution in [2.24, 2.45) is 0 Å². The summed E-state index contributed by atoms with van der Waals surface area (Å²) in [4.78, 5) is 0. The summed E-state index contributed by atoms with van der Waals surface area (Å²) in [6, 6.07) is 0. The van der Waals surface area contributed by atoms with Crippen LogP contribution in [0.5, 0.6) is 0 Å². The van der Waals surface area contributed by atoms with Crippen LogP contribution in [0.25, 0.3) is 0 Å². The molecule has 0 spiro atoms. The minimum Gasteiger partial charge on any atom is -0.353 e. The van der Waals surface area contributed by atoms with Crippen LogP contribution >= 0.6 is 0 Å². The number of nitrogens with one attached hydrogen (secondary N) is 1. The van der Waals surface area contributed by atoms with Gasteiger partial charge in [-0.2, -0.15) is 0 Å². The lowest BCUT2D eigenvalue weighted by atomic mass is 10.1. The fourth-order valence-corrected chi connectivity index (χ4v) is 2.42. The minimum atomic E-state index is -0.543. The largest absolute Gasteiger partial charge is 0.353 e. The van der Waals surface area contributed by atoms with E-state index in [-0.39, 0.29) is 24.6 Å². The Morgan fingerprint density at radius 2 is 1.94 bits per heavy atom. The van der Waals surface area contributed by atoms with Gasteiger partial charge < -0.3 is 24.3 Å². The van der Waals surface area contributed by atoms with Crippen molar-refractivity contribution < 1.29 is 18.9 Å². The fourth-order valence-electron chi connectivity index (χ4n) is 2.42. The highest BCUT2D eigenvalue weighted by atomic mass is 16.8. The number of hydrogen-bond acceptors (Lipinski definition) is 5. The molecule has 5 nitrogen and oxygen atoms in total. The van der Waals surface area contributed by atoms with Crippen molar-refractivity contribution in [2.75, 3.05) is 20.2 Å². The van der Waals surface area contributed by atoms with Crippen LogP contribution in [0, 0.1) is 0 Å². The summed E-state index contributed by atoms with van der Waals surface area (Å²) in [5, 5.41) is 3.35. The third-order valence-electron chi connectivity index (χ3n) is 3.11. The molecule has 0 bridgehead atoms. The summed E-state index contributed by atoms with van der Waals surface area (Å²) in [5.41, 5.74) is 0. The molecule has 0 radical (unpaired) electrons. The zero-order valence-electron chi connectivity index (χ0n) is 11.1. The van der Waals surface area contributed by atoms with Crippen molar-refractivity contribution in [1.82, 2.24) is 5.32 Å². The van der Waals surface area contributed by atoms with Gasteiger partial charge in [0, 0.05) is 13.7 Å². The molecule has 0 aromatic heterocycles. The Kier molecular flexibility index (Phi) is 4.05. The Hall–Kier alpha value is -0.200. The van der Waals surface area contributed by atoms with Crippen LogP contribution in [0.3, 0.4) is 0 Å². The molecule has 2 heterocycles. The Labute approximate surface area is 103 Å². The summed E-state index contributed by atoms with van der Waals surface area (Å²) < 4.78 is 22.8. The number of methoxy groups -OCH3 is 1. The second kappa shape index (κ2) is 5.20. The SMILES string of the molecule is CCCNC[C@H]1O[C@@H](OC)[C@@H]2OC(C)(C)O[C@@H]21. The highest BCUT2D eigenvalue weighted by Crippen LogP contribution is 2.38. The number of fused-ring (bicyclic) bond motifs is 1. The predicted octanol–water partition coefficient (Wildman–Crippen LogP) is 0.877. The highest BCUT2D eigenvalue weighted by Gasteiger charge is 2.55. The van der Waals surface area contributed by atoms with Gasteiger partial charge in [0.05, 0.1) is 0 Å². The summed E-state index contributed by atoms with van der Waals surface area (Å²) >= 11 is 0. The zero-order chi connectivity index (χ0) is 12.5. The van der Waals surface area contributed by atoms with Crippen molar-refractivity contribution >= 4 is 0 Å². The van der Waals surface area contributed by atoms with Gasteiger partial charge in [-0.3, -0.25) is 0 Å². The minimum absolute atomic E-state index is 0.00160. The molecule has 100 valence electrons. The summed E-state index contributed by atoms with van der Waals surface area (Å²) in [7, 11) is 1.64. The van der Waals surface area contributed by atoms with Crippen LogP contribution in [0.4, 0.5) is 0 Å². The molecule has 2 fully saturated rings. The van der Waals surface area contributed by atoms with Gasteiger partial charge in [0.25, 0.3) is 0 Å². The van der Waals surface area contributed by atoms with Gasteiger partial charge in [-0.1, -0.05) is 6.92 Å². The summed E-state index contributed by atoms with van der Waals surface area (Å²) in [6.45, 7) is 7.75. The van der Waals surface area contributed by atoms with E-state index in [0.717, 1.165) is 19.5 Å². The molecule has 2 aliphatic rings. The normalized spacial score (nSPS) is 39.5. The van der Waals surface area contributed by atoms with Crippen LogP contribution in [0.1, 0.15) is 27.2 Å². The average Bonchev–Trinajstić information content (AvgIpc) is 2.73. The van der Waals surface area contributed by atoms with E-state index in [1.54, 1.807) is 7.11 Å². The van der Waals surface area contributed by atoms with Crippen molar-refractivity contribution in [1.29, 1.82) is 0 Å². The van der Waals surface area contributed by atoms with Crippen molar-refractivity contribution in [3.63, 3.8) is 0 Å². The first-order chi connectivity index (χ1) is 8.07. The smallest absolute Gasteiger partial charge is 0.186 e. The van der Waals surface area contributed by atoms with E-state index in [9.17, 15) is 0 Å². The van der Waals surface area contributed by atoms with E-state index in [1.165, 1.54) is 0 Å². The molecular formula is C12H23NO4. The number of rotatable bonds is 5. The molecule has 17 heavy (non-hydrogen) atoms. The van der Waals surface area contributed by atoms with Crippen LogP contribution in [-0.2, 0) is 18.9 Å². The number of hydrogen-bond donors (Lipinski definition) is 1. The third kappa shape index (κ3) is 2.80. The van der Waals surface area contributed by atoms with Gasteiger partial charge in [0.15, 0.2) is 12.1 Å². The molecule has 2 saturated heterocycles. The maximum Gasteiger partial charge on any atom is 0.186 e. The van der Waals surface area contributed by atoms with Crippen LogP contribution in [0.15, 0.2) is 0 Å². The van der Waals surface area contributed by atoms with Gasteiger partial charge in [-0.05, 0) is 26.8 Å². The molecule has 5 heteroatoms. The van der Waals surface area contributed by atoms with E-state index in [4.69, 9.17) is 18.9 Å². The van der Waals surface area contributed by atoms with Gasteiger partial charge in [-0.15, -0.1) is 0 Å².